The molecule has 0 fully saturated rings. The summed E-state index contributed by atoms with van der Waals surface area (Å²) < 4.78 is 8.37. The van der Waals surface area contributed by atoms with E-state index in [-0.39, 0.29) is 0 Å². The van der Waals surface area contributed by atoms with Crippen LogP contribution in [0.25, 0.3) is 82.8 Å². The van der Waals surface area contributed by atoms with E-state index in [0.29, 0.717) is 0 Å². The lowest BCUT2D eigenvalue weighted by molar-refractivity contribution is 0.669. The van der Waals surface area contributed by atoms with E-state index in [9.17, 15) is 0 Å². The van der Waals surface area contributed by atoms with Gasteiger partial charge in [0.2, 0.25) is 0 Å². The summed E-state index contributed by atoms with van der Waals surface area (Å²) in [5, 5.41) is 4.87. The summed E-state index contributed by atoms with van der Waals surface area (Å²) in [7, 11) is 0. The molecule has 9 rings (SSSR count). The van der Waals surface area contributed by atoms with Gasteiger partial charge in [0.1, 0.15) is 11.2 Å². The summed E-state index contributed by atoms with van der Waals surface area (Å²) in [6.07, 6.45) is 0. The lowest BCUT2D eigenvalue weighted by atomic mass is 9.97. The minimum atomic E-state index is 0.924. The Morgan fingerprint density at radius 3 is 1.30 bits per heavy atom. The fourth-order valence-corrected chi connectivity index (χ4v) is 6.62. The average Bonchev–Trinajstić information content (AvgIpc) is 3.64. The molecule has 2 aromatic heterocycles. The number of benzene rings is 7. The third kappa shape index (κ3) is 3.96. The van der Waals surface area contributed by atoms with Crippen LogP contribution in [0.4, 0.5) is 0 Å². The van der Waals surface area contributed by atoms with Gasteiger partial charge in [0.15, 0.2) is 0 Å². The zero-order valence-electron chi connectivity index (χ0n) is 23.9. The molecule has 0 aliphatic rings. The number of rotatable bonds is 4. The van der Waals surface area contributed by atoms with Crippen molar-refractivity contribution in [1.82, 2.24) is 4.57 Å². The molecule has 44 heavy (non-hydrogen) atoms. The van der Waals surface area contributed by atoms with E-state index >= 15 is 0 Å². The predicted molar refractivity (Wildman–Crippen MR) is 184 cm³/mol. The van der Waals surface area contributed by atoms with Gasteiger partial charge in [-0.25, -0.2) is 0 Å². The Labute approximate surface area is 255 Å². The highest BCUT2D eigenvalue weighted by molar-refractivity contribution is 6.09. The van der Waals surface area contributed by atoms with Gasteiger partial charge in [-0.2, -0.15) is 0 Å². The Balaban J connectivity index is 0.986. The highest BCUT2D eigenvalue weighted by atomic mass is 16.3. The van der Waals surface area contributed by atoms with Crippen molar-refractivity contribution in [2.45, 2.75) is 0 Å². The second kappa shape index (κ2) is 9.86. The maximum Gasteiger partial charge on any atom is 0.135 e. The summed E-state index contributed by atoms with van der Waals surface area (Å²) in [5.41, 5.74) is 12.7. The predicted octanol–water partition coefficient (Wildman–Crippen LogP) is 11.7. The standard InChI is InChI=1S/C42H27NO/c1-4-10-39-35(7-1)36-8-2-5-11-40(36)43(39)34-24-21-31(22-25-34)30-15-13-28(14-16-30)29-17-19-32(20-18-29)33-23-26-42-38(27-33)37-9-3-6-12-41(37)44-42/h1-27H. The van der Waals surface area contributed by atoms with Crippen molar-refractivity contribution in [2.24, 2.45) is 0 Å². The molecule has 2 heteroatoms. The van der Waals surface area contributed by atoms with Crippen LogP contribution in [0.1, 0.15) is 0 Å². The van der Waals surface area contributed by atoms with Crippen LogP contribution in [0.3, 0.4) is 0 Å². The van der Waals surface area contributed by atoms with Crippen LogP contribution >= 0.6 is 0 Å². The monoisotopic (exact) mass is 561 g/mol. The van der Waals surface area contributed by atoms with Gasteiger partial charge in [-0.05, 0) is 75.8 Å². The van der Waals surface area contributed by atoms with Gasteiger partial charge in [-0.1, -0.05) is 121 Å². The lowest BCUT2D eigenvalue weighted by Crippen LogP contribution is -1.93. The number of aromatic nitrogens is 1. The van der Waals surface area contributed by atoms with Crippen LogP contribution < -0.4 is 0 Å². The van der Waals surface area contributed by atoms with Crippen LogP contribution in [-0.4, -0.2) is 4.57 Å². The number of furan rings is 1. The van der Waals surface area contributed by atoms with E-state index in [1.54, 1.807) is 0 Å². The topological polar surface area (TPSA) is 18.1 Å². The number of fused-ring (bicyclic) bond motifs is 6. The maximum absolute atomic E-state index is 6.01. The molecular weight excluding hydrogens is 534 g/mol. The Morgan fingerprint density at radius 2 is 0.727 bits per heavy atom. The van der Waals surface area contributed by atoms with Crippen molar-refractivity contribution in [3.63, 3.8) is 0 Å². The first-order chi connectivity index (χ1) is 21.8. The van der Waals surface area contributed by atoms with Gasteiger partial charge in [0.05, 0.1) is 11.0 Å². The Hall–Kier alpha value is -5.86. The molecule has 7 aromatic carbocycles. The molecule has 9 aromatic rings. The molecule has 2 nitrogen and oxygen atoms in total. The molecule has 0 spiro atoms. The van der Waals surface area contributed by atoms with E-state index in [0.717, 1.165) is 21.9 Å². The minimum absolute atomic E-state index is 0.924. The van der Waals surface area contributed by atoms with Crippen LogP contribution in [0.15, 0.2) is 168 Å². The first-order valence-corrected chi connectivity index (χ1v) is 15.0. The van der Waals surface area contributed by atoms with Gasteiger partial charge in [-0.3, -0.25) is 0 Å². The summed E-state index contributed by atoms with van der Waals surface area (Å²) in [6.45, 7) is 0. The zero-order valence-corrected chi connectivity index (χ0v) is 23.9. The molecule has 0 radical (unpaired) electrons. The van der Waals surface area contributed by atoms with Crippen LogP contribution in [-0.2, 0) is 0 Å². The van der Waals surface area contributed by atoms with E-state index in [1.807, 2.05) is 12.1 Å². The number of para-hydroxylation sites is 3. The van der Waals surface area contributed by atoms with Gasteiger partial charge in [-0.15, -0.1) is 0 Å². The normalized spacial score (nSPS) is 11.6. The Morgan fingerprint density at radius 1 is 0.318 bits per heavy atom. The molecule has 0 unspecified atom stereocenters. The highest BCUT2D eigenvalue weighted by Crippen LogP contribution is 2.35. The van der Waals surface area contributed by atoms with Crippen LogP contribution in [0.5, 0.6) is 0 Å². The van der Waals surface area contributed by atoms with Crippen molar-refractivity contribution in [3.05, 3.63) is 164 Å². The minimum Gasteiger partial charge on any atom is -0.456 e. The second-order valence-electron chi connectivity index (χ2n) is 11.4. The van der Waals surface area contributed by atoms with Crippen molar-refractivity contribution >= 4 is 43.7 Å². The number of hydrogen-bond acceptors (Lipinski definition) is 1. The zero-order chi connectivity index (χ0) is 29.0. The molecule has 0 amide bonds. The molecule has 0 N–H and O–H groups in total. The second-order valence-corrected chi connectivity index (χ2v) is 11.4. The van der Waals surface area contributed by atoms with Gasteiger partial charge >= 0.3 is 0 Å². The summed E-state index contributed by atoms with van der Waals surface area (Å²) >= 11 is 0. The van der Waals surface area contributed by atoms with Crippen molar-refractivity contribution in [2.75, 3.05) is 0 Å². The SMILES string of the molecule is c1ccc2c(c1)oc1ccc(-c3ccc(-c4ccc(-c5ccc(-n6c7ccccc7c7ccccc76)cc5)cc4)cc3)cc12. The summed E-state index contributed by atoms with van der Waals surface area (Å²) in [6, 6.07) is 58.6. The van der Waals surface area contributed by atoms with Crippen LogP contribution in [0, 0.1) is 0 Å². The lowest BCUT2D eigenvalue weighted by Gasteiger charge is -2.10. The molecule has 0 saturated carbocycles. The molecule has 0 atom stereocenters. The molecular formula is C42H27NO. The average molecular weight is 562 g/mol. The Kier molecular flexibility index (Phi) is 5.54. The third-order valence-corrected chi connectivity index (χ3v) is 8.85. The fraction of sp³-hybridized carbons (Fsp3) is 0. The van der Waals surface area contributed by atoms with Crippen molar-refractivity contribution in [1.29, 1.82) is 0 Å². The largest absolute Gasteiger partial charge is 0.456 e. The molecule has 2 heterocycles. The fourth-order valence-electron chi connectivity index (χ4n) is 6.62. The third-order valence-electron chi connectivity index (χ3n) is 8.85. The highest BCUT2D eigenvalue weighted by Gasteiger charge is 2.12. The first-order valence-electron chi connectivity index (χ1n) is 15.0. The molecule has 0 saturated heterocycles. The Bertz CT molecular complexity index is 2410. The molecule has 0 bridgehead atoms. The van der Waals surface area contributed by atoms with Gasteiger partial charge in [0.25, 0.3) is 0 Å². The first kappa shape index (κ1) is 24.7. The molecule has 0 aliphatic carbocycles. The number of nitrogens with zero attached hydrogens (tertiary/aromatic N) is 1. The van der Waals surface area contributed by atoms with E-state index in [4.69, 9.17) is 4.42 Å². The quantitative estimate of drug-likeness (QED) is 0.209. The van der Waals surface area contributed by atoms with Crippen molar-refractivity contribution in [3.8, 4) is 39.1 Å². The van der Waals surface area contributed by atoms with E-state index < -0.39 is 0 Å². The van der Waals surface area contributed by atoms with Crippen LogP contribution in [0.2, 0.25) is 0 Å². The van der Waals surface area contributed by atoms with Gasteiger partial charge in [0, 0.05) is 27.2 Å². The molecule has 0 aliphatic heterocycles. The van der Waals surface area contributed by atoms with Crippen molar-refractivity contribution < 1.29 is 4.42 Å². The number of hydrogen-bond donors (Lipinski definition) is 0. The maximum atomic E-state index is 6.01. The smallest absolute Gasteiger partial charge is 0.135 e. The van der Waals surface area contributed by atoms with E-state index in [1.165, 1.54) is 60.9 Å². The molecule has 206 valence electrons. The summed E-state index contributed by atoms with van der Waals surface area (Å²) in [5.74, 6) is 0. The van der Waals surface area contributed by atoms with E-state index in [2.05, 4.69) is 156 Å². The summed E-state index contributed by atoms with van der Waals surface area (Å²) in [4.78, 5) is 0. The van der Waals surface area contributed by atoms with Gasteiger partial charge < -0.3 is 8.98 Å².